The Morgan fingerprint density at radius 1 is 1.47 bits per heavy atom. The second-order valence-electron chi connectivity index (χ2n) is 3.69. The number of nitriles is 1. The molecule has 80 valence electrons. The molecule has 0 aliphatic heterocycles. The largest absolute Gasteiger partial charge is 0.496 e. The zero-order chi connectivity index (χ0) is 11.4. The van der Waals surface area contributed by atoms with Crippen LogP contribution in [0.4, 0.5) is 0 Å². The SMILES string of the molecule is COc1cc(C(C)C)cc(CC#N)c1Br. The zero-order valence-electron chi connectivity index (χ0n) is 9.17. The fourth-order valence-electron chi connectivity index (χ4n) is 1.37. The highest BCUT2D eigenvalue weighted by Crippen LogP contribution is 2.32. The van der Waals surface area contributed by atoms with Crippen molar-refractivity contribution in [2.75, 3.05) is 7.11 Å². The Labute approximate surface area is 99.0 Å². The van der Waals surface area contributed by atoms with Gasteiger partial charge < -0.3 is 4.74 Å². The Hall–Kier alpha value is -1.01. The number of hydrogen-bond donors (Lipinski definition) is 0. The van der Waals surface area contributed by atoms with E-state index in [9.17, 15) is 0 Å². The van der Waals surface area contributed by atoms with Gasteiger partial charge in [0.2, 0.25) is 0 Å². The number of methoxy groups -OCH3 is 1. The first-order valence-electron chi connectivity index (χ1n) is 4.83. The molecule has 0 amide bonds. The molecule has 1 rings (SSSR count). The van der Waals surface area contributed by atoms with Gasteiger partial charge >= 0.3 is 0 Å². The molecule has 0 aromatic heterocycles. The summed E-state index contributed by atoms with van der Waals surface area (Å²) in [4.78, 5) is 0. The fraction of sp³-hybridized carbons (Fsp3) is 0.417. The molecule has 0 saturated heterocycles. The second kappa shape index (κ2) is 5.18. The molecule has 0 radical (unpaired) electrons. The molecule has 0 bridgehead atoms. The smallest absolute Gasteiger partial charge is 0.133 e. The lowest BCUT2D eigenvalue weighted by atomic mass is 9.99. The van der Waals surface area contributed by atoms with Gasteiger partial charge in [0.15, 0.2) is 0 Å². The minimum absolute atomic E-state index is 0.400. The van der Waals surface area contributed by atoms with Crippen LogP contribution in [0.5, 0.6) is 5.75 Å². The van der Waals surface area contributed by atoms with E-state index in [1.165, 1.54) is 5.56 Å². The van der Waals surface area contributed by atoms with E-state index in [0.29, 0.717) is 12.3 Å². The van der Waals surface area contributed by atoms with Gasteiger partial charge in [0.25, 0.3) is 0 Å². The molecule has 0 atom stereocenters. The van der Waals surface area contributed by atoms with E-state index < -0.39 is 0 Å². The summed E-state index contributed by atoms with van der Waals surface area (Å²) in [6, 6.07) is 6.22. The first kappa shape index (κ1) is 12.1. The Morgan fingerprint density at radius 2 is 2.13 bits per heavy atom. The Bertz CT molecular complexity index is 393. The highest BCUT2D eigenvalue weighted by atomic mass is 79.9. The summed E-state index contributed by atoms with van der Waals surface area (Å²) in [6.07, 6.45) is 0.400. The minimum atomic E-state index is 0.400. The quantitative estimate of drug-likeness (QED) is 0.838. The van der Waals surface area contributed by atoms with Gasteiger partial charge in [-0.3, -0.25) is 0 Å². The molecule has 15 heavy (non-hydrogen) atoms. The number of halogens is 1. The van der Waals surface area contributed by atoms with E-state index in [-0.39, 0.29) is 0 Å². The van der Waals surface area contributed by atoms with Crippen LogP contribution in [0.3, 0.4) is 0 Å². The van der Waals surface area contributed by atoms with Crippen molar-refractivity contribution in [1.29, 1.82) is 5.26 Å². The van der Waals surface area contributed by atoms with Crippen molar-refractivity contribution < 1.29 is 4.74 Å². The number of hydrogen-bond acceptors (Lipinski definition) is 2. The Kier molecular flexibility index (Phi) is 4.16. The van der Waals surface area contributed by atoms with E-state index in [4.69, 9.17) is 10.00 Å². The van der Waals surface area contributed by atoms with E-state index in [2.05, 4.69) is 41.9 Å². The van der Waals surface area contributed by atoms with Gasteiger partial charge in [0, 0.05) is 0 Å². The predicted octanol–water partition coefficient (Wildman–Crippen LogP) is 3.65. The maximum absolute atomic E-state index is 8.73. The van der Waals surface area contributed by atoms with Crippen molar-refractivity contribution in [3.05, 3.63) is 27.7 Å². The van der Waals surface area contributed by atoms with E-state index in [1.807, 2.05) is 6.07 Å². The number of ether oxygens (including phenoxy) is 1. The summed E-state index contributed by atoms with van der Waals surface area (Å²) < 4.78 is 6.15. The Balaban J connectivity index is 3.26. The van der Waals surface area contributed by atoms with Gasteiger partial charge in [-0.2, -0.15) is 5.26 Å². The van der Waals surface area contributed by atoms with Crippen LogP contribution in [0.2, 0.25) is 0 Å². The highest BCUT2D eigenvalue weighted by Gasteiger charge is 2.10. The fourth-order valence-corrected chi connectivity index (χ4v) is 1.91. The van der Waals surface area contributed by atoms with Gasteiger partial charge in [-0.15, -0.1) is 0 Å². The van der Waals surface area contributed by atoms with Crippen LogP contribution in [0.25, 0.3) is 0 Å². The summed E-state index contributed by atoms with van der Waals surface area (Å²) in [7, 11) is 1.64. The third-order valence-electron chi connectivity index (χ3n) is 2.29. The van der Waals surface area contributed by atoms with Crippen LogP contribution in [0.15, 0.2) is 16.6 Å². The van der Waals surface area contributed by atoms with Crippen molar-refractivity contribution in [3.8, 4) is 11.8 Å². The molecular formula is C12H14BrNO. The Morgan fingerprint density at radius 3 is 2.60 bits per heavy atom. The lowest BCUT2D eigenvalue weighted by Crippen LogP contribution is -1.96. The van der Waals surface area contributed by atoms with Crippen molar-refractivity contribution in [2.45, 2.75) is 26.2 Å². The number of benzene rings is 1. The topological polar surface area (TPSA) is 33.0 Å². The van der Waals surface area contributed by atoms with Crippen molar-refractivity contribution in [2.24, 2.45) is 0 Å². The monoisotopic (exact) mass is 267 g/mol. The summed E-state index contributed by atoms with van der Waals surface area (Å²) in [6.45, 7) is 4.25. The minimum Gasteiger partial charge on any atom is -0.496 e. The van der Waals surface area contributed by atoms with Gasteiger partial charge in [-0.05, 0) is 39.0 Å². The van der Waals surface area contributed by atoms with Crippen LogP contribution in [-0.2, 0) is 6.42 Å². The van der Waals surface area contributed by atoms with Crippen molar-refractivity contribution in [1.82, 2.24) is 0 Å². The maximum Gasteiger partial charge on any atom is 0.133 e. The molecular weight excluding hydrogens is 254 g/mol. The van der Waals surface area contributed by atoms with Crippen LogP contribution in [-0.4, -0.2) is 7.11 Å². The van der Waals surface area contributed by atoms with Crippen molar-refractivity contribution in [3.63, 3.8) is 0 Å². The van der Waals surface area contributed by atoms with Gasteiger partial charge in [-0.1, -0.05) is 19.9 Å². The summed E-state index contributed by atoms with van der Waals surface area (Å²) >= 11 is 3.45. The van der Waals surface area contributed by atoms with E-state index in [0.717, 1.165) is 15.8 Å². The average molecular weight is 268 g/mol. The maximum atomic E-state index is 8.73. The average Bonchev–Trinajstić information content (AvgIpc) is 2.21. The second-order valence-corrected chi connectivity index (χ2v) is 4.48. The van der Waals surface area contributed by atoms with Crippen LogP contribution in [0.1, 0.15) is 30.9 Å². The molecule has 0 heterocycles. The van der Waals surface area contributed by atoms with Crippen LogP contribution >= 0.6 is 15.9 Å². The molecule has 0 unspecified atom stereocenters. The molecule has 0 aliphatic carbocycles. The van der Waals surface area contributed by atoms with E-state index in [1.54, 1.807) is 7.11 Å². The molecule has 0 spiro atoms. The van der Waals surface area contributed by atoms with Gasteiger partial charge in [0.1, 0.15) is 5.75 Å². The van der Waals surface area contributed by atoms with Gasteiger partial charge in [-0.25, -0.2) is 0 Å². The molecule has 0 saturated carbocycles. The lowest BCUT2D eigenvalue weighted by molar-refractivity contribution is 0.411. The molecule has 0 aliphatic rings. The molecule has 3 heteroatoms. The zero-order valence-corrected chi connectivity index (χ0v) is 10.8. The number of rotatable bonds is 3. The first-order valence-corrected chi connectivity index (χ1v) is 5.62. The summed E-state index contributed by atoms with van der Waals surface area (Å²) in [5, 5.41) is 8.73. The van der Waals surface area contributed by atoms with Crippen molar-refractivity contribution >= 4 is 15.9 Å². The lowest BCUT2D eigenvalue weighted by Gasteiger charge is -2.12. The first-order chi connectivity index (χ1) is 7.10. The number of nitrogens with zero attached hydrogens (tertiary/aromatic N) is 1. The molecule has 1 aromatic rings. The highest BCUT2D eigenvalue weighted by molar-refractivity contribution is 9.10. The molecule has 2 nitrogen and oxygen atoms in total. The molecule has 1 aromatic carbocycles. The van der Waals surface area contributed by atoms with E-state index >= 15 is 0 Å². The third-order valence-corrected chi connectivity index (χ3v) is 3.19. The normalized spacial score (nSPS) is 10.1. The summed E-state index contributed by atoms with van der Waals surface area (Å²) in [5.41, 5.74) is 2.18. The standard InChI is InChI=1S/C12H14BrNO/c1-8(2)10-6-9(4-5-14)12(13)11(7-10)15-3/h6-8H,4H2,1-3H3. The summed E-state index contributed by atoms with van der Waals surface area (Å²) in [5.74, 6) is 1.23. The molecule has 0 N–H and O–H groups in total. The molecule has 0 fully saturated rings. The van der Waals surface area contributed by atoms with Gasteiger partial charge in [0.05, 0.1) is 24.1 Å². The predicted molar refractivity (Wildman–Crippen MR) is 64.1 cm³/mol. The third kappa shape index (κ3) is 2.73. The van der Waals surface area contributed by atoms with Crippen LogP contribution < -0.4 is 4.74 Å². The van der Waals surface area contributed by atoms with Crippen LogP contribution in [0, 0.1) is 11.3 Å².